The average Bonchev–Trinajstić information content (AvgIpc) is 2.21. The van der Waals surface area contributed by atoms with Gasteiger partial charge in [-0.25, -0.2) is 13.8 Å². The molecule has 0 atom stereocenters. The van der Waals surface area contributed by atoms with Crippen LogP contribution in [0.15, 0.2) is 24.3 Å². The summed E-state index contributed by atoms with van der Waals surface area (Å²) in [6.07, 6.45) is 0. The molecule has 0 saturated carbocycles. The summed E-state index contributed by atoms with van der Waals surface area (Å²) in [5, 5.41) is 2.71. The first kappa shape index (κ1) is 11.3. The van der Waals surface area contributed by atoms with Gasteiger partial charge in [0.1, 0.15) is 17.5 Å². The molecule has 0 bridgehead atoms. The Bertz CT molecular complexity index is 537. The number of nitrogens with two attached hydrogens (primary N) is 1. The lowest BCUT2D eigenvalue weighted by atomic mass is 10.3. The number of nitrogens with zero attached hydrogens (tertiary/aromatic N) is 2. The fraction of sp³-hybridized carbons (Fsp3) is 0.0909. The van der Waals surface area contributed by atoms with Crippen molar-refractivity contribution in [2.75, 3.05) is 11.1 Å². The lowest BCUT2D eigenvalue weighted by molar-refractivity contribution is 0.586. The topological polar surface area (TPSA) is 63.8 Å². The highest BCUT2D eigenvalue weighted by molar-refractivity contribution is 5.57. The van der Waals surface area contributed by atoms with Crippen LogP contribution in [0.25, 0.3) is 0 Å². The molecule has 2 rings (SSSR count). The molecule has 1 aromatic heterocycles. The van der Waals surface area contributed by atoms with Crippen LogP contribution in [0, 0.1) is 18.6 Å². The maximum absolute atomic E-state index is 13.4. The summed E-state index contributed by atoms with van der Waals surface area (Å²) < 4.78 is 26.1. The van der Waals surface area contributed by atoms with Gasteiger partial charge in [-0.2, -0.15) is 4.98 Å². The third-order valence-corrected chi connectivity index (χ3v) is 2.07. The Morgan fingerprint density at radius 2 is 1.94 bits per heavy atom. The highest BCUT2D eigenvalue weighted by atomic mass is 19.1. The van der Waals surface area contributed by atoms with E-state index in [4.69, 9.17) is 5.73 Å². The zero-order valence-corrected chi connectivity index (χ0v) is 9.04. The number of nitrogen functional groups attached to an aromatic ring is 1. The molecule has 0 radical (unpaired) electrons. The number of benzene rings is 1. The van der Waals surface area contributed by atoms with Crippen LogP contribution >= 0.6 is 0 Å². The molecular weight excluding hydrogens is 226 g/mol. The Hall–Kier alpha value is -2.24. The fourth-order valence-electron chi connectivity index (χ4n) is 1.38. The van der Waals surface area contributed by atoms with Gasteiger partial charge in [-0.15, -0.1) is 0 Å². The molecule has 1 heterocycles. The Morgan fingerprint density at radius 1 is 1.18 bits per heavy atom. The van der Waals surface area contributed by atoms with Crippen LogP contribution in [-0.4, -0.2) is 9.97 Å². The van der Waals surface area contributed by atoms with Crippen LogP contribution in [0.5, 0.6) is 0 Å². The first-order valence-electron chi connectivity index (χ1n) is 4.88. The normalized spacial score (nSPS) is 10.3. The van der Waals surface area contributed by atoms with Crippen molar-refractivity contribution in [1.82, 2.24) is 9.97 Å². The number of rotatable bonds is 2. The van der Waals surface area contributed by atoms with Gasteiger partial charge in [-0.3, -0.25) is 0 Å². The van der Waals surface area contributed by atoms with E-state index in [-0.39, 0.29) is 11.6 Å². The van der Waals surface area contributed by atoms with Gasteiger partial charge in [0.05, 0.1) is 5.69 Å². The number of halogens is 2. The van der Waals surface area contributed by atoms with Gasteiger partial charge >= 0.3 is 0 Å². The molecule has 0 amide bonds. The molecule has 17 heavy (non-hydrogen) atoms. The standard InChI is InChI=1S/C11H10F2N4/c1-6-4-10(17-11(14)15-6)16-9-3-2-7(12)5-8(9)13/h2-5H,1H3,(H3,14,15,16,17). The third-order valence-electron chi connectivity index (χ3n) is 2.07. The molecule has 0 aliphatic rings. The van der Waals surface area contributed by atoms with E-state index in [0.717, 1.165) is 12.1 Å². The molecule has 6 heteroatoms. The Kier molecular flexibility index (Phi) is 2.86. The lowest BCUT2D eigenvalue weighted by Gasteiger charge is -2.07. The Balaban J connectivity index is 2.31. The van der Waals surface area contributed by atoms with E-state index in [1.807, 2.05) is 0 Å². The van der Waals surface area contributed by atoms with Crippen LogP contribution in [0.2, 0.25) is 0 Å². The summed E-state index contributed by atoms with van der Waals surface area (Å²) in [4.78, 5) is 7.77. The van der Waals surface area contributed by atoms with Gasteiger partial charge < -0.3 is 11.1 Å². The maximum atomic E-state index is 13.4. The number of aromatic nitrogens is 2. The Labute approximate surface area is 96.5 Å². The quantitative estimate of drug-likeness (QED) is 0.840. The molecule has 88 valence electrons. The minimum absolute atomic E-state index is 0.0926. The molecule has 0 saturated heterocycles. The third kappa shape index (κ3) is 2.66. The van der Waals surface area contributed by atoms with Crippen LogP contribution < -0.4 is 11.1 Å². The number of hydrogen-bond acceptors (Lipinski definition) is 4. The van der Waals surface area contributed by atoms with E-state index in [1.54, 1.807) is 13.0 Å². The van der Waals surface area contributed by atoms with E-state index in [0.29, 0.717) is 11.5 Å². The van der Waals surface area contributed by atoms with E-state index < -0.39 is 11.6 Å². The summed E-state index contributed by atoms with van der Waals surface area (Å²) in [7, 11) is 0. The maximum Gasteiger partial charge on any atom is 0.222 e. The molecule has 0 spiro atoms. The van der Waals surface area contributed by atoms with Crippen LogP contribution in [-0.2, 0) is 0 Å². The molecular formula is C11H10F2N4. The number of hydrogen-bond donors (Lipinski definition) is 2. The molecule has 4 nitrogen and oxygen atoms in total. The zero-order chi connectivity index (χ0) is 12.4. The van der Waals surface area contributed by atoms with Crippen molar-refractivity contribution >= 4 is 17.5 Å². The predicted octanol–water partition coefficient (Wildman–Crippen LogP) is 2.39. The molecule has 0 aliphatic heterocycles. The number of anilines is 3. The van der Waals surface area contributed by atoms with Gasteiger partial charge in [0, 0.05) is 17.8 Å². The molecule has 3 N–H and O–H groups in total. The molecule has 0 unspecified atom stereocenters. The van der Waals surface area contributed by atoms with E-state index >= 15 is 0 Å². The summed E-state index contributed by atoms with van der Waals surface area (Å²) in [6.45, 7) is 1.74. The average molecular weight is 236 g/mol. The van der Waals surface area contributed by atoms with Gasteiger partial charge in [0.15, 0.2) is 0 Å². The van der Waals surface area contributed by atoms with Crippen LogP contribution in [0.3, 0.4) is 0 Å². The van der Waals surface area contributed by atoms with Crippen molar-refractivity contribution < 1.29 is 8.78 Å². The van der Waals surface area contributed by atoms with Crippen molar-refractivity contribution in [3.63, 3.8) is 0 Å². The van der Waals surface area contributed by atoms with Gasteiger partial charge in [-0.1, -0.05) is 0 Å². The minimum atomic E-state index is -0.695. The molecule has 2 aromatic rings. The summed E-state index contributed by atoms with van der Waals surface area (Å²) in [5.74, 6) is -0.873. The smallest absolute Gasteiger partial charge is 0.222 e. The van der Waals surface area contributed by atoms with Gasteiger partial charge in [-0.05, 0) is 19.1 Å². The van der Waals surface area contributed by atoms with Crippen molar-refractivity contribution in [1.29, 1.82) is 0 Å². The van der Waals surface area contributed by atoms with Crippen molar-refractivity contribution in [2.45, 2.75) is 6.92 Å². The summed E-state index contributed by atoms with van der Waals surface area (Å²) in [6, 6.07) is 4.85. The van der Waals surface area contributed by atoms with E-state index in [9.17, 15) is 8.78 Å². The largest absolute Gasteiger partial charge is 0.368 e. The molecule has 1 aromatic carbocycles. The number of nitrogens with one attached hydrogen (secondary N) is 1. The second-order valence-corrected chi connectivity index (χ2v) is 3.50. The fourth-order valence-corrected chi connectivity index (χ4v) is 1.38. The van der Waals surface area contributed by atoms with Crippen LogP contribution in [0.4, 0.5) is 26.2 Å². The zero-order valence-electron chi connectivity index (χ0n) is 9.04. The molecule has 0 fully saturated rings. The van der Waals surface area contributed by atoms with Crippen molar-refractivity contribution in [2.24, 2.45) is 0 Å². The van der Waals surface area contributed by atoms with Crippen molar-refractivity contribution in [3.05, 3.63) is 41.6 Å². The second kappa shape index (κ2) is 4.32. The van der Waals surface area contributed by atoms with Crippen molar-refractivity contribution in [3.8, 4) is 0 Å². The Morgan fingerprint density at radius 3 is 2.59 bits per heavy atom. The molecule has 0 aliphatic carbocycles. The highest BCUT2D eigenvalue weighted by Crippen LogP contribution is 2.20. The summed E-state index contributed by atoms with van der Waals surface area (Å²) in [5.41, 5.74) is 6.24. The van der Waals surface area contributed by atoms with Crippen LogP contribution in [0.1, 0.15) is 5.69 Å². The second-order valence-electron chi connectivity index (χ2n) is 3.50. The first-order chi connectivity index (χ1) is 8.04. The van der Waals surface area contributed by atoms with Gasteiger partial charge in [0.2, 0.25) is 5.95 Å². The SMILES string of the molecule is Cc1cc(Nc2ccc(F)cc2F)nc(N)n1. The predicted molar refractivity (Wildman–Crippen MR) is 60.8 cm³/mol. The van der Waals surface area contributed by atoms with E-state index in [1.165, 1.54) is 6.07 Å². The number of aryl methyl sites for hydroxylation is 1. The highest BCUT2D eigenvalue weighted by Gasteiger charge is 2.05. The first-order valence-corrected chi connectivity index (χ1v) is 4.88. The lowest BCUT2D eigenvalue weighted by Crippen LogP contribution is -2.02. The van der Waals surface area contributed by atoms with Gasteiger partial charge in [0.25, 0.3) is 0 Å². The summed E-state index contributed by atoms with van der Waals surface area (Å²) >= 11 is 0. The minimum Gasteiger partial charge on any atom is -0.368 e. The monoisotopic (exact) mass is 236 g/mol. The van der Waals surface area contributed by atoms with E-state index in [2.05, 4.69) is 15.3 Å².